The Hall–Kier alpha value is -2.80. The van der Waals surface area contributed by atoms with Crippen LogP contribution in [0, 0.1) is 0 Å². The van der Waals surface area contributed by atoms with E-state index < -0.39 is 0 Å². The summed E-state index contributed by atoms with van der Waals surface area (Å²) in [6.07, 6.45) is 5.02. The molecule has 0 radical (unpaired) electrons. The first-order valence-electron chi connectivity index (χ1n) is 9.24. The van der Waals surface area contributed by atoms with E-state index in [1.807, 2.05) is 24.3 Å². The molecule has 26 heavy (non-hydrogen) atoms. The molecule has 0 fully saturated rings. The third-order valence-electron chi connectivity index (χ3n) is 4.61. The molecule has 132 valence electrons. The van der Waals surface area contributed by atoms with Gasteiger partial charge >= 0.3 is 0 Å². The van der Waals surface area contributed by atoms with Gasteiger partial charge in [0.1, 0.15) is 11.9 Å². The van der Waals surface area contributed by atoms with E-state index in [0.29, 0.717) is 0 Å². The van der Waals surface area contributed by atoms with Gasteiger partial charge in [-0.05, 0) is 60.6 Å². The van der Waals surface area contributed by atoms with E-state index in [-0.39, 0.29) is 6.10 Å². The zero-order valence-corrected chi connectivity index (χ0v) is 15.4. The van der Waals surface area contributed by atoms with Crippen LogP contribution in [0.5, 0.6) is 5.75 Å². The van der Waals surface area contributed by atoms with Crippen LogP contribution in [0.1, 0.15) is 35.3 Å². The molecule has 0 N–H and O–H groups in total. The molecule has 3 rings (SSSR count). The van der Waals surface area contributed by atoms with Gasteiger partial charge in [0, 0.05) is 0 Å². The molecule has 0 saturated carbocycles. The molecule has 0 aliphatic carbocycles. The highest BCUT2D eigenvalue weighted by atomic mass is 16.5. The summed E-state index contributed by atoms with van der Waals surface area (Å²) in [5, 5.41) is 0. The van der Waals surface area contributed by atoms with E-state index in [1.54, 1.807) is 0 Å². The summed E-state index contributed by atoms with van der Waals surface area (Å²) in [5.74, 6) is 0.916. The standard InChI is InChI=1S/C25H26O/c1-3-7-21-10-12-22(13-11-21)14-15-23-16-18-25(19-17-23)26-20(2)24-8-5-4-6-9-24/h3-6,8-13,16-20H,1,7,14-15H2,2H3. The van der Waals surface area contributed by atoms with Crippen molar-refractivity contribution >= 4 is 0 Å². The second-order valence-electron chi connectivity index (χ2n) is 6.62. The molecule has 0 saturated heterocycles. The quantitative estimate of drug-likeness (QED) is 0.434. The van der Waals surface area contributed by atoms with Crippen LogP contribution in [-0.4, -0.2) is 0 Å². The second kappa shape index (κ2) is 9.05. The van der Waals surface area contributed by atoms with Crippen LogP contribution in [0.2, 0.25) is 0 Å². The summed E-state index contributed by atoms with van der Waals surface area (Å²) < 4.78 is 6.05. The number of hydrogen-bond acceptors (Lipinski definition) is 1. The highest BCUT2D eigenvalue weighted by Crippen LogP contribution is 2.22. The highest BCUT2D eigenvalue weighted by molar-refractivity contribution is 5.30. The maximum atomic E-state index is 6.05. The van der Waals surface area contributed by atoms with Crippen LogP contribution in [0.3, 0.4) is 0 Å². The van der Waals surface area contributed by atoms with Crippen molar-refractivity contribution in [1.29, 1.82) is 0 Å². The maximum Gasteiger partial charge on any atom is 0.121 e. The summed E-state index contributed by atoms with van der Waals surface area (Å²) in [6.45, 7) is 5.87. The van der Waals surface area contributed by atoms with Crippen molar-refractivity contribution in [1.82, 2.24) is 0 Å². The number of ether oxygens (including phenoxy) is 1. The Morgan fingerprint density at radius 2 is 1.31 bits per heavy atom. The van der Waals surface area contributed by atoms with Crippen molar-refractivity contribution in [3.63, 3.8) is 0 Å². The second-order valence-corrected chi connectivity index (χ2v) is 6.62. The molecule has 0 aromatic heterocycles. The number of hydrogen-bond donors (Lipinski definition) is 0. The average Bonchev–Trinajstić information content (AvgIpc) is 2.69. The van der Waals surface area contributed by atoms with Gasteiger partial charge in [-0.1, -0.05) is 72.8 Å². The minimum atomic E-state index is 0.0520. The van der Waals surface area contributed by atoms with Crippen LogP contribution in [0.15, 0.2) is 91.5 Å². The first kappa shape index (κ1) is 18.0. The molecule has 1 atom stereocenters. The van der Waals surface area contributed by atoms with Crippen LogP contribution in [0.4, 0.5) is 0 Å². The van der Waals surface area contributed by atoms with Gasteiger partial charge in [-0.25, -0.2) is 0 Å². The Morgan fingerprint density at radius 1 is 0.769 bits per heavy atom. The van der Waals surface area contributed by atoms with E-state index in [0.717, 1.165) is 25.0 Å². The summed E-state index contributed by atoms with van der Waals surface area (Å²) >= 11 is 0. The summed E-state index contributed by atoms with van der Waals surface area (Å²) in [6, 6.07) is 27.6. The summed E-state index contributed by atoms with van der Waals surface area (Å²) in [4.78, 5) is 0. The Morgan fingerprint density at radius 3 is 1.88 bits per heavy atom. The molecule has 0 aliphatic heterocycles. The lowest BCUT2D eigenvalue weighted by Gasteiger charge is -2.15. The molecule has 0 bridgehead atoms. The van der Waals surface area contributed by atoms with Gasteiger partial charge in [-0.2, -0.15) is 0 Å². The first-order chi connectivity index (χ1) is 12.7. The first-order valence-corrected chi connectivity index (χ1v) is 9.24. The third kappa shape index (κ3) is 5.10. The molecule has 0 heterocycles. The maximum absolute atomic E-state index is 6.05. The van der Waals surface area contributed by atoms with Crippen molar-refractivity contribution in [3.8, 4) is 5.75 Å². The van der Waals surface area contributed by atoms with Gasteiger partial charge in [0.25, 0.3) is 0 Å². The predicted molar refractivity (Wildman–Crippen MR) is 110 cm³/mol. The largest absolute Gasteiger partial charge is 0.486 e. The number of aryl methyl sites for hydroxylation is 2. The van der Waals surface area contributed by atoms with E-state index >= 15 is 0 Å². The smallest absolute Gasteiger partial charge is 0.121 e. The lowest BCUT2D eigenvalue weighted by Crippen LogP contribution is -2.02. The lowest BCUT2D eigenvalue weighted by molar-refractivity contribution is 0.227. The Bertz CT molecular complexity index is 801. The molecular weight excluding hydrogens is 316 g/mol. The van der Waals surface area contributed by atoms with Crippen molar-refractivity contribution in [2.24, 2.45) is 0 Å². The Balaban J connectivity index is 1.53. The van der Waals surface area contributed by atoms with E-state index in [1.165, 1.54) is 22.3 Å². The minimum absolute atomic E-state index is 0.0520. The van der Waals surface area contributed by atoms with E-state index in [2.05, 4.69) is 74.2 Å². The van der Waals surface area contributed by atoms with Crippen molar-refractivity contribution in [2.75, 3.05) is 0 Å². The fraction of sp³-hybridized carbons (Fsp3) is 0.200. The number of benzene rings is 3. The molecule has 0 aliphatic rings. The van der Waals surface area contributed by atoms with Gasteiger partial charge in [-0.3, -0.25) is 0 Å². The topological polar surface area (TPSA) is 9.23 Å². The molecule has 1 heteroatoms. The zero-order valence-electron chi connectivity index (χ0n) is 15.4. The molecule has 1 nitrogen and oxygen atoms in total. The lowest BCUT2D eigenvalue weighted by atomic mass is 10.0. The number of allylic oxidation sites excluding steroid dienone is 1. The Kier molecular flexibility index (Phi) is 6.27. The number of rotatable bonds is 8. The fourth-order valence-electron chi connectivity index (χ4n) is 3.03. The van der Waals surface area contributed by atoms with Gasteiger partial charge in [0.05, 0.1) is 0 Å². The van der Waals surface area contributed by atoms with Gasteiger partial charge in [-0.15, -0.1) is 6.58 Å². The molecule has 0 amide bonds. The molecule has 0 spiro atoms. The van der Waals surface area contributed by atoms with E-state index in [9.17, 15) is 0 Å². The zero-order chi connectivity index (χ0) is 18.2. The average molecular weight is 342 g/mol. The van der Waals surface area contributed by atoms with Crippen LogP contribution in [-0.2, 0) is 19.3 Å². The van der Waals surface area contributed by atoms with Crippen LogP contribution in [0.25, 0.3) is 0 Å². The third-order valence-corrected chi connectivity index (χ3v) is 4.61. The van der Waals surface area contributed by atoms with Crippen molar-refractivity contribution in [3.05, 3.63) is 114 Å². The normalized spacial score (nSPS) is 11.7. The molecular formula is C25H26O. The Labute approximate surface area is 157 Å². The van der Waals surface area contributed by atoms with Crippen molar-refractivity contribution < 1.29 is 4.74 Å². The highest BCUT2D eigenvalue weighted by Gasteiger charge is 2.06. The molecule has 3 aromatic carbocycles. The van der Waals surface area contributed by atoms with Crippen LogP contribution < -0.4 is 4.74 Å². The van der Waals surface area contributed by atoms with Crippen LogP contribution >= 0.6 is 0 Å². The van der Waals surface area contributed by atoms with Gasteiger partial charge < -0.3 is 4.74 Å². The summed E-state index contributed by atoms with van der Waals surface area (Å²) in [5.41, 5.74) is 5.21. The molecule has 3 aromatic rings. The van der Waals surface area contributed by atoms with E-state index in [4.69, 9.17) is 4.74 Å². The predicted octanol–water partition coefficient (Wildman–Crippen LogP) is 6.34. The minimum Gasteiger partial charge on any atom is -0.486 e. The SMILES string of the molecule is C=CCc1ccc(CCc2ccc(OC(C)c3ccccc3)cc2)cc1. The molecule has 1 unspecified atom stereocenters. The van der Waals surface area contributed by atoms with Gasteiger partial charge in [0.15, 0.2) is 0 Å². The fourth-order valence-corrected chi connectivity index (χ4v) is 3.03. The summed E-state index contributed by atoms with van der Waals surface area (Å²) in [7, 11) is 0. The van der Waals surface area contributed by atoms with Gasteiger partial charge in [0.2, 0.25) is 0 Å². The van der Waals surface area contributed by atoms with Crippen molar-refractivity contribution in [2.45, 2.75) is 32.3 Å². The monoisotopic (exact) mass is 342 g/mol.